The standard InChI is InChI=1S/C15H20O5/c1-18-15(17)14-7-3-2-5-13(14)6-4-9-19-11-12-20-10-8-16/h5,7,16H,4,6,8-12H2,1H3. The summed E-state index contributed by atoms with van der Waals surface area (Å²) in [4.78, 5) is 11.5. The smallest absolute Gasteiger partial charge is 0.338 e. The molecule has 5 nitrogen and oxygen atoms in total. The van der Waals surface area contributed by atoms with Crippen molar-refractivity contribution < 1.29 is 24.1 Å². The molecular weight excluding hydrogens is 260 g/mol. The van der Waals surface area contributed by atoms with Crippen molar-refractivity contribution in [1.29, 1.82) is 0 Å². The van der Waals surface area contributed by atoms with E-state index in [1.165, 1.54) is 7.11 Å². The molecule has 0 spiro atoms. The van der Waals surface area contributed by atoms with Crippen molar-refractivity contribution >= 4 is 5.97 Å². The molecule has 1 N–H and O–H groups in total. The minimum Gasteiger partial charge on any atom is -0.465 e. The van der Waals surface area contributed by atoms with Crippen LogP contribution < -0.4 is 0 Å². The molecule has 0 heterocycles. The molecule has 0 aromatic heterocycles. The maximum Gasteiger partial charge on any atom is 0.338 e. The Bertz CT molecular complexity index is 392. The first kappa shape index (κ1) is 16.4. The van der Waals surface area contributed by atoms with Crippen LogP contribution in [-0.2, 0) is 20.6 Å². The number of hydrogen-bond donors (Lipinski definition) is 1. The summed E-state index contributed by atoms with van der Waals surface area (Å²) in [6, 6.07) is 8.93. The Morgan fingerprint density at radius 2 is 1.85 bits per heavy atom. The molecule has 0 saturated heterocycles. The number of ether oxygens (including phenoxy) is 3. The number of aliphatic hydroxyl groups excluding tert-OH is 1. The summed E-state index contributed by atoms with van der Waals surface area (Å²) in [5.41, 5.74) is 1.41. The van der Waals surface area contributed by atoms with E-state index in [1.807, 2.05) is 0 Å². The zero-order valence-corrected chi connectivity index (χ0v) is 11.7. The first-order valence-electron chi connectivity index (χ1n) is 6.55. The van der Waals surface area contributed by atoms with E-state index in [0.717, 1.165) is 12.0 Å². The van der Waals surface area contributed by atoms with Gasteiger partial charge in [0.05, 0.1) is 39.1 Å². The zero-order valence-electron chi connectivity index (χ0n) is 11.7. The normalized spacial score (nSPS) is 10.1. The molecule has 20 heavy (non-hydrogen) atoms. The third kappa shape index (κ3) is 6.02. The van der Waals surface area contributed by atoms with Gasteiger partial charge < -0.3 is 19.3 Å². The van der Waals surface area contributed by atoms with Crippen molar-refractivity contribution in [2.45, 2.75) is 12.8 Å². The van der Waals surface area contributed by atoms with Gasteiger partial charge in [-0.05, 0) is 24.5 Å². The van der Waals surface area contributed by atoms with Crippen LogP contribution in [0, 0.1) is 12.1 Å². The maximum absolute atomic E-state index is 11.5. The molecule has 0 bridgehead atoms. The molecule has 110 valence electrons. The van der Waals surface area contributed by atoms with E-state index in [4.69, 9.17) is 19.3 Å². The average molecular weight is 280 g/mol. The van der Waals surface area contributed by atoms with Crippen molar-refractivity contribution in [2.24, 2.45) is 0 Å². The minimum absolute atomic E-state index is 0.0256. The molecule has 0 radical (unpaired) electrons. The van der Waals surface area contributed by atoms with Gasteiger partial charge in [-0.2, -0.15) is 0 Å². The number of methoxy groups -OCH3 is 1. The molecule has 0 fully saturated rings. The summed E-state index contributed by atoms with van der Waals surface area (Å²) in [5.74, 6) is -0.358. The lowest BCUT2D eigenvalue weighted by Gasteiger charge is -2.07. The highest BCUT2D eigenvalue weighted by atomic mass is 16.5. The van der Waals surface area contributed by atoms with Crippen molar-refractivity contribution in [2.75, 3.05) is 40.1 Å². The average Bonchev–Trinajstić information content (AvgIpc) is 2.49. The summed E-state index contributed by atoms with van der Waals surface area (Å²) in [5, 5.41) is 8.52. The predicted octanol–water partition coefficient (Wildman–Crippen LogP) is 1.03. The van der Waals surface area contributed by atoms with Crippen LogP contribution in [0.2, 0.25) is 0 Å². The van der Waals surface area contributed by atoms with Crippen LogP contribution in [0.1, 0.15) is 22.3 Å². The molecule has 0 aliphatic carbocycles. The molecule has 0 saturated carbocycles. The lowest BCUT2D eigenvalue weighted by atomic mass is 10.0. The Labute approximate surface area is 119 Å². The lowest BCUT2D eigenvalue weighted by Crippen LogP contribution is -2.09. The molecule has 0 amide bonds. The Morgan fingerprint density at radius 3 is 2.55 bits per heavy atom. The summed E-state index contributed by atoms with van der Waals surface area (Å²) in [6.07, 6.45) is 1.51. The van der Waals surface area contributed by atoms with Crippen LogP contribution in [0.15, 0.2) is 12.1 Å². The van der Waals surface area contributed by atoms with Gasteiger partial charge in [0.2, 0.25) is 0 Å². The Kier molecular flexibility index (Phi) is 8.40. The predicted molar refractivity (Wildman–Crippen MR) is 72.5 cm³/mol. The van der Waals surface area contributed by atoms with E-state index in [1.54, 1.807) is 12.1 Å². The van der Waals surface area contributed by atoms with Crippen LogP contribution >= 0.6 is 0 Å². The van der Waals surface area contributed by atoms with Crippen molar-refractivity contribution in [3.05, 3.63) is 35.4 Å². The molecular formula is C15H20O5. The summed E-state index contributed by atoms with van der Waals surface area (Å²) in [6.45, 7) is 1.92. The number of rotatable bonds is 10. The Hall–Kier alpha value is -1.61. The molecule has 1 aromatic rings. The molecule has 0 aliphatic rings. The van der Waals surface area contributed by atoms with Crippen LogP contribution in [0.5, 0.6) is 0 Å². The van der Waals surface area contributed by atoms with E-state index in [2.05, 4.69) is 12.1 Å². The van der Waals surface area contributed by atoms with Gasteiger partial charge in [-0.15, -0.1) is 0 Å². The van der Waals surface area contributed by atoms with E-state index in [-0.39, 0.29) is 12.6 Å². The second kappa shape index (κ2) is 10.2. The Balaban J connectivity index is 2.23. The SMILES string of the molecule is COC(=O)c1cc#ccc1CCCOCCOCCO. The molecule has 5 heteroatoms. The van der Waals surface area contributed by atoms with Crippen molar-refractivity contribution in [3.8, 4) is 0 Å². The third-order valence-corrected chi connectivity index (χ3v) is 2.64. The molecule has 1 rings (SSSR count). The number of esters is 1. The quantitative estimate of drug-likeness (QED) is 0.512. The van der Waals surface area contributed by atoms with Crippen LogP contribution in [0.3, 0.4) is 0 Å². The van der Waals surface area contributed by atoms with E-state index >= 15 is 0 Å². The second-order valence-electron chi connectivity index (χ2n) is 4.06. The topological polar surface area (TPSA) is 65.0 Å². The minimum atomic E-state index is -0.358. The maximum atomic E-state index is 11.5. The largest absolute Gasteiger partial charge is 0.465 e. The second-order valence-corrected chi connectivity index (χ2v) is 4.06. The van der Waals surface area contributed by atoms with Crippen LogP contribution in [0.4, 0.5) is 0 Å². The number of carbonyl (C=O) groups excluding carboxylic acids is 1. The van der Waals surface area contributed by atoms with Crippen molar-refractivity contribution in [1.82, 2.24) is 0 Å². The van der Waals surface area contributed by atoms with Gasteiger partial charge in [-0.1, -0.05) is 12.1 Å². The summed E-state index contributed by atoms with van der Waals surface area (Å²) < 4.78 is 15.2. The monoisotopic (exact) mass is 280 g/mol. The van der Waals surface area contributed by atoms with Gasteiger partial charge in [0.15, 0.2) is 0 Å². The molecule has 0 aliphatic heterocycles. The highest BCUT2D eigenvalue weighted by molar-refractivity contribution is 5.90. The number of hydrogen-bond acceptors (Lipinski definition) is 5. The van der Waals surface area contributed by atoms with E-state index in [0.29, 0.717) is 38.4 Å². The van der Waals surface area contributed by atoms with Crippen molar-refractivity contribution in [3.63, 3.8) is 0 Å². The fourth-order valence-electron chi connectivity index (χ4n) is 1.67. The van der Waals surface area contributed by atoms with Gasteiger partial charge in [0, 0.05) is 12.7 Å². The van der Waals surface area contributed by atoms with Gasteiger partial charge in [-0.3, -0.25) is 0 Å². The molecule has 0 atom stereocenters. The first-order valence-corrected chi connectivity index (χ1v) is 6.55. The van der Waals surface area contributed by atoms with Gasteiger partial charge in [-0.25, -0.2) is 4.79 Å². The Morgan fingerprint density at radius 1 is 1.15 bits per heavy atom. The third-order valence-electron chi connectivity index (χ3n) is 2.64. The lowest BCUT2D eigenvalue weighted by molar-refractivity contribution is 0.0325. The number of carbonyl (C=O) groups is 1. The summed E-state index contributed by atoms with van der Waals surface area (Å²) >= 11 is 0. The molecule has 0 unspecified atom stereocenters. The first-order chi connectivity index (χ1) is 9.79. The number of aryl methyl sites for hydroxylation is 1. The molecule has 1 aromatic carbocycles. The summed E-state index contributed by atoms with van der Waals surface area (Å²) in [7, 11) is 1.36. The highest BCUT2D eigenvalue weighted by Crippen LogP contribution is 2.10. The zero-order chi connectivity index (χ0) is 14.6. The van der Waals surface area contributed by atoms with E-state index < -0.39 is 0 Å². The van der Waals surface area contributed by atoms with Gasteiger partial charge >= 0.3 is 5.97 Å². The van der Waals surface area contributed by atoms with Gasteiger partial charge in [0.1, 0.15) is 0 Å². The fourth-order valence-corrected chi connectivity index (χ4v) is 1.67. The number of aliphatic hydroxyl groups is 1. The van der Waals surface area contributed by atoms with E-state index in [9.17, 15) is 4.79 Å². The van der Waals surface area contributed by atoms with Gasteiger partial charge in [0.25, 0.3) is 0 Å². The highest BCUT2D eigenvalue weighted by Gasteiger charge is 2.10. The van der Waals surface area contributed by atoms with Crippen LogP contribution in [0.25, 0.3) is 0 Å². The van der Waals surface area contributed by atoms with Crippen LogP contribution in [-0.4, -0.2) is 51.2 Å². The fraction of sp³-hybridized carbons (Fsp3) is 0.533.